The van der Waals surface area contributed by atoms with Gasteiger partial charge in [0.05, 0.1) is 7.11 Å². The van der Waals surface area contributed by atoms with Crippen LogP contribution in [0, 0.1) is 0 Å². The molecule has 19 heavy (non-hydrogen) atoms. The second-order valence-corrected chi connectivity index (χ2v) is 5.32. The minimum absolute atomic E-state index is 0.262. The summed E-state index contributed by atoms with van der Waals surface area (Å²) in [5.41, 5.74) is 2.78. The van der Waals surface area contributed by atoms with E-state index < -0.39 is 0 Å². The Morgan fingerprint density at radius 3 is 3.00 bits per heavy atom. The monoisotopic (exact) mass is 263 g/mol. The molecular formula is C16H25NO2. The second kappa shape index (κ2) is 6.92. The molecule has 0 radical (unpaired) electrons. The van der Waals surface area contributed by atoms with Gasteiger partial charge >= 0.3 is 0 Å². The van der Waals surface area contributed by atoms with E-state index in [0.717, 1.165) is 31.4 Å². The highest BCUT2D eigenvalue weighted by atomic mass is 16.5. The van der Waals surface area contributed by atoms with E-state index in [1.165, 1.54) is 17.5 Å². The van der Waals surface area contributed by atoms with E-state index in [-0.39, 0.29) is 6.61 Å². The number of rotatable bonds is 6. The van der Waals surface area contributed by atoms with Gasteiger partial charge in [0.25, 0.3) is 0 Å². The van der Waals surface area contributed by atoms with Gasteiger partial charge < -0.3 is 15.2 Å². The third-order valence-electron chi connectivity index (χ3n) is 4.10. The van der Waals surface area contributed by atoms with Crippen LogP contribution in [0.4, 0.5) is 0 Å². The van der Waals surface area contributed by atoms with Gasteiger partial charge in [-0.25, -0.2) is 0 Å². The van der Waals surface area contributed by atoms with Crippen molar-refractivity contribution in [3.63, 3.8) is 0 Å². The summed E-state index contributed by atoms with van der Waals surface area (Å²) >= 11 is 0. The summed E-state index contributed by atoms with van der Waals surface area (Å²) in [5, 5.41) is 12.8. The van der Waals surface area contributed by atoms with Crippen molar-refractivity contribution in [2.75, 3.05) is 13.7 Å². The average molecular weight is 263 g/mol. The number of hydrogen-bond donors (Lipinski definition) is 2. The summed E-state index contributed by atoms with van der Waals surface area (Å²) in [5.74, 6) is 1.01. The molecule has 2 rings (SSSR count). The third kappa shape index (κ3) is 3.48. The van der Waals surface area contributed by atoms with Crippen LogP contribution in [0.5, 0.6) is 5.75 Å². The highest BCUT2D eigenvalue weighted by molar-refractivity contribution is 5.42. The van der Waals surface area contributed by atoms with E-state index in [9.17, 15) is 0 Å². The lowest BCUT2D eigenvalue weighted by Crippen LogP contribution is -2.41. The van der Waals surface area contributed by atoms with Gasteiger partial charge in [0.2, 0.25) is 0 Å². The first-order chi connectivity index (χ1) is 9.28. The number of aliphatic hydroxyl groups is 1. The maximum Gasteiger partial charge on any atom is 0.122 e. The van der Waals surface area contributed by atoms with Crippen LogP contribution in [-0.4, -0.2) is 30.9 Å². The number of nitrogens with one attached hydrogen (secondary N) is 1. The van der Waals surface area contributed by atoms with Gasteiger partial charge in [-0.15, -0.1) is 0 Å². The minimum Gasteiger partial charge on any atom is -0.496 e. The molecular weight excluding hydrogens is 238 g/mol. The Balaban J connectivity index is 2.04. The zero-order valence-corrected chi connectivity index (χ0v) is 12.0. The molecule has 0 aliphatic heterocycles. The molecule has 0 fully saturated rings. The molecule has 0 aromatic heterocycles. The Hall–Kier alpha value is -1.06. The first kappa shape index (κ1) is 14.4. The van der Waals surface area contributed by atoms with Gasteiger partial charge in [0.1, 0.15) is 5.75 Å². The SMILES string of the molecule is CCC(CCO)NC1CCc2cccc(OC)c2C1. The Kier molecular flexibility index (Phi) is 5.23. The van der Waals surface area contributed by atoms with Crippen molar-refractivity contribution in [3.8, 4) is 5.75 Å². The van der Waals surface area contributed by atoms with Crippen LogP contribution >= 0.6 is 0 Å². The standard InChI is InChI=1S/C16H25NO2/c1-3-13(9-10-18)17-14-8-7-12-5-4-6-16(19-2)15(12)11-14/h4-6,13-14,17-18H,3,7-11H2,1-2H3. The van der Waals surface area contributed by atoms with Gasteiger partial charge in [-0.2, -0.15) is 0 Å². The molecule has 3 nitrogen and oxygen atoms in total. The number of methoxy groups -OCH3 is 1. The number of aryl methyl sites for hydroxylation is 1. The second-order valence-electron chi connectivity index (χ2n) is 5.32. The number of fused-ring (bicyclic) bond motifs is 1. The van der Waals surface area contributed by atoms with Crippen LogP contribution in [0.3, 0.4) is 0 Å². The van der Waals surface area contributed by atoms with Crippen molar-refractivity contribution in [2.45, 2.75) is 51.1 Å². The summed E-state index contributed by atoms with van der Waals surface area (Å²) in [6.07, 6.45) is 5.21. The number of hydrogen-bond acceptors (Lipinski definition) is 3. The summed E-state index contributed by atoms with van der Waals surface area (Å²) < 4.78 is 5.47. The number of ether oxygens (including phenoxy) is 1. The van der Waals surface area contributed by atoms with Crippen LogP contribution in [0.15, 0.2) is 18.2 Å². The van der Waals surface area contributed by atoms with Crippen molar-refractivity contribution < 1.29 is 9.84 Å². The van der Waals surface area contributed by atoms with Crippen molar-refractivity contribution in [3.05, 3.63) is 29.3 Å². The largest absolute Gasteiger partial charge is 0.496 e. The van der Waals surface area contributed by atoms with Crippen molar-refractivity contribution in [1.82, 2.24) is 5.32 Å². The fraction of sp³-hybridized carbons (Fsp3) is 0.625. The molecule has 0 amide bonds. The summed E-state index contributed by atoms with van der Waals surface area (Å²) in [7, 11) is 1.74. The van der Waals surface area contributed by atoms with Crippen molar-refractivity contribution in [2.24, 2.45) is 0 Å². The maximum atomic E-state index is 9.08. The van der Waals surface area contributed by atoms with E-state index in [0.29, 0.717) is 12.1 Å². The predicted molar refractivity (Wildman–Crippen MR) is 77.7 cm³/mol. The smallest absolute Gasteiger partial charge is 0.122 e. The Labute approximate surface area is 116 Å². The van der Waals surface area contributed by atoms with E-state index in [4.69, 9.17) is 9.84 Å². The average Bonchev–Trinajstić information content (AvgIpc) is 2.46. The lowest BCUT2D eigenvalue weighted by molar-refractivity contribution is 0.251. The number of aliphatic hydroxyl groups excluding tert-OH is 1. The molecule has 0 bridgehead atoms. The fourth-order valence-electron chi connectivity index (χ4n) is 2.98. The molecule has 1 aliphatic carbocycles. The Morgan fingerprint density at radius 1 is 1.47 bits per heavy atom. The molecule has 106 valence electrons. The third-order valence-corrected chi connectivity index (χ3v) is 4.10. The zero-order chi connectivity index (χ0) is 13.7. The molecule has 2 atom stereocenters. The van der Waals surface area contributed by atoms with E-state index in [1.807, 2.05) is 6.07 Å². The maximum absolute atomic E-state index is 9.08. The Bertz CT molecular complexity index is 391. The van der Waals surface area contributed by atoms with Crippen LogP contribution in [-0.2, 0) is 12.8 Å². The normalized spacial score (nSPS) is 19.8. The molecule has 0 spiro atoms. The molecule has 0 saturated heterocycles. The highest BCUT2D eigenvalue weighted by Crippen LogP contribution is 2.29. The summed E-state index contributed by atoms with van der Waals surface area (Å²) in [4.78, 5) is 0. The molecule has 0 saturated carbocycles. The molecule has 2 unspecified atom stereocenters. The molecule has 1 aromatic rings. The Morgan fingerprint density at radius 2 is 2.32 bits per heavy atom. The van der Waals surface area contributed by atoms with Gasteiger partial charge in [-0.05, 0) is 49.3 Å². The van der Waals surface area contributed by atoms with Crippen LogP contribution in [0.1, 0.15) is 37.3 Å². The van der Waals surface area contributed by atoms with Crippen molar-refractivity contribution in [1.29, 1.82) is 0 Å². The lowest BCUT2D eigenvalue weighted by atomic mass is 9.87. The van der Waals surface area contributed by atoms with Gasteiger partial charge in [0.15, 0.2) is 0 Å². The van der Waals surface area contributed by atoms with Gasteiger partial charge in [-0.3, -0.25) is 0 Å². The van der Waals surface area contributed by atoms with E-state index in [2.05, 4.69) is 24.4 Å². The van der Waals surface area contributed by atoms with Gasteiger partial charge in [0, 0.05) is 18.7 Å². The number of benzene rings is 1. The predicted octanol–water partition coefficient (Wildman–Crippen LogP) is 2.30. The van der Waals surface area contributed by atoms with E-state index in [1.54, 1.807) is 7.11 Å². The van der Waals surface area contributed by atoms with Crippen LogP contribution in [0.2, 0.25) is 0 Å². The topological polar surface area (TPSA) is 41.5 Å². The summed E-state index contributed by atoms with van der Waals surface area (Å²) in [6, 6.07) is 7.25. The quantitative estimate of drug-likeness (QED) is 0.827. The first-order valence-electron chi connectivity index (χ1n) is 7.30. The fourth-order valence-corrected chi connectivity index (χ4v) is 2.98. The van der Waals surface area contributed by atoms with Gasteiger partial charge in [-0.1, -0.05) is 19.1 Å². The molecule has 0 heterocycles. The molecule has 2 N–H and O–H groups in total. The summed E-state index contributed by atoms with van der Waals surface area (Å²) in [6.45, 7) is 2.43. The first-order valence-corrected chi connectivity index (χ1v) is 7.30. The highest BCUT2D eigenvalue weighted by Gasteiger charge is 2.22. The van der Waals surface area contributed by atoms with Crippen molar-refractivity contribution >= 4 is 0 Å². The van der Waals surface area contributed by atoms with Crippen LogP contribution < -0.4 is 10.1 Å². The van der Waals surface area contributed by atoms with E-state index >= 15 is 0 Å². The molecule has 3 heteroatoms. The lowest BCUT2D eigenvalue weighted by Gasteiger charge is -2.30. The van der Waals surface area contributed by atoms with Crippen LogP contribution in [0.25, 0.3) is 0 Å². The minimum atomic E-state index is 0.262. The molecule has 1 aliphatic rings. The zero-order valence-electron chi connectivity index (χ0n) is 12.0. The molecule has 1 aromatic carbocycles.